The van der Waals surface area contributed by atoms with E-state index < -0.39 is 0 Å². The van der Waals surface area contributed by atoms with E-state index >= 15 is 0 Å². The molecule has 0 aromatic heterocycles. The summed E-state index contributed by atoms with van der Waals surface area (Å²) in [6.45, 7) is 4.28. The number of hydrogen-bond donors (Lipinski definition) is 1. The molecule has 2 N–H and O–H groups in total. The molecular weight excluding hydrogens is 234 g/mol. The lowest BCUT2D eigenvalue weighted by molar-refractivity contribution is -0.0898. The Morgan fingerprint density at radius 2 is 1.84 bits per heavy atom. The van der Waals surface area contributed by atoms with E-state index in [-0.39, 0.29) is 5.41 Å². The smallest absolute Gasteiger partial charge is 0.120 e. The monoisotopic (exact) mass is 259 g/mol. The normalized spacial score (nSPS) is 29.0. The summed E-state index contributed by atoms with van der Waals surface area (Å²) >= 11 is 0. The van der Waals surface area contributed by atoms with Crippen molar-refractivity contribution in [1.29, 1.82) is 0 Å². The van der Waals surface area contributed by atoms with Crippen molar-refractivity contribution < 1.29 is 4.74 Å². The van der Waals surface area contributed by atoms with Gasteiger partial charge in [-0.25, -0.2) is 0 Å². The fourth-order valence-corrected chi connectivity index (χ4v) is 3.80. The average molecular weight is 259 g/mol. The van der Waals surface area contributed by atoms with E-state index in [1.807, 2.05) is 0 Å². The number of rotatable bonds is 2. The van der Waals surface area contributed by atoms with E-state index in [1.54, 1.807) is 0 Å². The maximum absolute atomic E-state index is 6.31. The van der Waals surface area contributed by atoms with Crippen LogP contribution in [0.3, 0.4) is 0 Å². The van der Waals surface area contributed by atoms with Crippen molar-refractivity contribution in [3.8, 4) is 5.75 Å². The molecule has 2 nitrogen and oxygen atoms in total. The molecule has 2 heteroatoms. The van der Waals surface area contributed by atoms with Crippen LogP contribution in [0, 0.1) is 19.3 Å². The van der Waals surface area contributed by atoms with Gasteiger partial charge in [-0.2, -0.15) is 0 Å². The summed E-state index contributed by atoms with van der Waals surface area (Å²) in [6, 6.07) is 6.76. The molecule has 0 heterocycles. The number of nitrogens with two attached hydrogens (primary N) is 1. The van der Waals surface area contributed by atoms with Crippen LogP contribution >= 0.6 is 0 Å². The Balaban J connectivity index is 1.74. The van der Waals surface area contributed by atoms with Gasteiger partial charge in [0.2, 0.25) is 0 Å². The molecule has 2 aliphatic rings. The first-order valence-corrected chi connectivity index (χ1v) is 7.61. The lowest BCUT2D eigenvalue weighted by Gasteiger charge is -2.56. The van der Waals surface area contributed by atoms with Crippen molar-refractivity contribution in [2.45, 2.75) is 64.5 Å². The van der Waals surface area contributed by atoms with Crippen molar-refractivity contribution >= 4 is 0 Å². The summed E-state index contributed by atoms with van der Waals surface area (Å²) in [7, 11) is 0. The van der Waals surface area contributed by atoms with Crippen LogP contribution < -0.4 is 10.5 Å². The highest BCUT2D eigenvalue weighted by Crippen LogP contribution is 2.52. The van der Waals surface area contributed by atoms with Crippen LogP contribution in [0.25, 0.3) is 0 Å². The van der Waals surface area contributed by atoms with Crippen molar-refractivity contribution in [1.82, 2.24) is 0 Å². The van der Waals surface area contributed by atoms with Crippen molar-refractivity contribution in [3.63, 3.8) is 0 Å². The standard InChI is InChI=1S/C17H25NO/c1-12-6-7-14(10-13(12)2)19-16-11-15(18)17(16)8-4-3-5-9-17/h6-7,10,15-16H,3-5,8-9,11,18H2,1-2H3. The van der Waals surface area contributed by atoms with Crippen molar-refractivity contribution in [2.24, 2.45) is 11.1 Å². The summed E-state index contributed by atoms with van der Waals surface area (Å²) in [6.07, 6.45) is 7.87. The summed E-state index contributed by atoms with van der Waals surface area (Å²) in [4.78, 5) is 0. The van der Waals surface area contributed by atoms with E-state index in [2.05, 4.69) is 32.0 Å². The Morgan fingerprint density at radius 3 is 2.47 bits per heavy atom. The van der Waals surface area contributed by atoms with Crippen LogP contribution in [0.2, 0.25) is 0 Å². The molecule has 2 atom stereocenters. The highest BCUT2D eigenvalue weighted by Gasteiger charge is 2.54. The number of hydrogen-bond acceptors (Lipinski definition) is 2. The second-order valence-electron chi connectivity index (χ2n) is 6.49. The predicted octanol–water partition coefficient (Wildman–Crippen LogP) is 3.73. The van der Waals surface area contributed by atoms with Gasteiger partial charge in [-0.3, -0.25) is 0 Å². The zero-order valence-electron chi connectivity index (χ0n) is 12.1. The third-order valence-electron chi connectivity index (χ3n) is 5.39. The molecule has 2 saturated carbocycles. The van der Waals surface area contributed by atoms with Crippen LogP contribution in [0.5, 0.6) is 5.75 Å². The van der Waals surface area contributed by atoms with Gasteiger partial charge < -0.3 is 10.5 Å². The minimum atomic E-state index is 0.275. The van der Waals surface area contributed by atoms with Gasteiger partial charge in [0.25, 0.3) is 0 Å². The molecule has 19 heavy (non-hydrogen) atoms. The van der Waals surface area contributed by atoms with Gasteiger partial charge in [0.1, 0.15) is 11.9 Å². The van der Waals surface area contributed by atoms with Crippen LogP contribution in [0.15, 0.2) is 18.2 Å². The van der Waals surface area contributed by atoms with Gasteiger partial charge >= 0.3 is 0 Å². The molecule has 104 valence electrons. The first-order chi connectivity index (χ1) is 9.12. The summed E-state index contributed by atoms with van der Waals surface area (Å²) < 4.78 is 6.27. The first-order valence-electron chi connectivity index (χ1n) is 7.61. The third-order valence-corrected chi connectivity index (χ3v) is 5.39. The van der Waals surface area contributed by atoms with Crippen LogP contribution in [-0.2, 0) is 0 Å². The summed E-state index contributed by atoms with van der Waals surface area (Å²) in [5.41, 5.74) is 9.21. The second kappa shape index (κ2) is 4.82. The second-order valence-corrected chi connectivity index (χ2v) is 6.49. The van der Waals surface area contributed by atoms with E-state index in [1.165, 1.54) is 43.2 Å². The largest absolute Gasteiger partial charge is 0.490 e. The average Bonchev–Trinajstić information content (AvgIpc) is 2.43. The summed E-state index contributed by atoms with van der Waals surface area (Å²) in [5.74, 6) is 1.02. The SMILES string of the molecule is Cc1ccc(OC2CC(N)C23CCCCC3)cc1C. The Hall–Kier alpha value is -1.02. The fourth-order valence-electron chi connectivity index (χ4n) is 3.80. The highest BCUT2D eigenvalue weighted by molar-refractivity contribution is 5.34. The lowest BCUT2D eigenvalue weighted by Crippen LogP contribution is -2.64. The molecule has 3 rings (SSSR count). The quantitative estimate of drug-likeness (QED) is 0.878. The van der Waals surface area contributed by atoms with Gasteiger partial charge in [0.05, 0.1) is 0 Å². The van der Waals surface area contributed by atoms with Crippen LogP contribution in [-0.4, -0.2) is 12.1 Å². The maximum Gasteiger partial charge on any atom is 0.120 e. The number of benzene rings is 1. The highest BCUT2D eigenvalue weighted by atomic mass is 16.5. The minimum Gasteiger partial charge on any atom is -0.490 e. The Labute approximate surface area is 116 Å². The molecule has 0 aliphatic heterocycles. The molecule has 0 radical (unpaired) electrons. The summed E-state index contributed by atoms with van der Waals surface area (Å²) in [5, 5.41) is 0. The Kier molecular flexibility index (Phi) is 3.30. The van der Waals surface area contributed by atoms with Crippen LogP contribution in [0.1, 0.15) is 49.7 Å². The van der Waals surface area contributed by atoms with E-state index in [9.17, 15) is 0 Å². The topological polar surface area (TPSA) is 35.2 Å². The van der Waals surface area contributed by atoms with Gasteiger partial charge in [0, 0.05) is 17.9 Å². The molecule has 2 unspecified atom stereocenters. The fraction of sp³-hybridized carbons (Fsp3) is 0.647. The molecule has 2 aliphatic carbocycles. The van der Waals surface area contributed by atoms with E-state index in [4.69, 9.17) is 10.5 Å². The van der Waals surface area contributed by atoms with Gasteiger partial charge in [-0.15, -0.1) is 0 Å². The molecule has 0 saturated heterocycles. The first kappa shape index (κ1) is 13.0. The van der Waals surface area contributed by atoms with E-state index in [0.29, 0.717) is 12.1 Å². The molecule has 1 aromatic carbocycles. The van der Waals surface area contributed by atoms with Crippen LogP contribution in [0.4, 0.5) is 0 Å². The Morgan fingerprint density at radius 1 is 1.11 bits per heavy atom. The van der Waals surface area contributed by atoms with Crippen molar-refractivity contribution in [2.75, 3.05) is 0 Å². The van der Waals surface area contributed by atoms with Gasteiger partial charge in [0.15, 0.2) is 0 Å². The number of aryl methyl sites for hydroxylation is 2. The van der Waals surface area contributed by atoms with Crippen molar-refractivity contribution in [3.05, 3.63) is 29.3 Å². The zero-order valence-corrected chi connectivity index (χ0v) is 12.1. The molecule has 0 amide bonds. The van der Waals surface area contributed by atoms with E-state index in [0.717, 1.165) is 12.2 Å². The zero-order chi connectivity index (χ0) is 13.5. The third kappa shape index (κ3) is 2.16. The molecular formula is C17H25NO. The maximum atomic E-state index is 6.31. The molecule has 1 aromatic rings. The molecule has 2 fully saturated rings. The number of ether oxygens (including phenoxy) is 1. The van der Waals surface area contributed by atoms with Gasteiger partial charge in [-0.05, 0) is 49.9 Å². The predicted molar refractivity (Wildman–Crippen MR) is 78.4 cm³/mol. The minimum absolute atomic E-state index is 0.275. The lowest BCUT2D eigenvalue weighted by atomic mass is 9.55. The Bertz CT molecular complexity index is 462. The molecule has 0 bridgehead atoms. The van der Waals surface area contributed by atoms with Gasteiger partial charge in [-0.1, -0.05) is 25.3 Å². The molecule has 1 spiro atoms.